The van der Waals surface area contributed by atoms with Gasteiger partial charge in [0.1, 0.15) is 12.4 Å². The quantitative estimate of drug-likeness (QED) is 0.377. The van der Waals surface area contributed by atoms with E-state index in [2.05, 4.69) is 5.32 Å². The van der Waals surface area contributed by atoms with Gasteiger partial charge < -0.3 is 15.0 Å². The molecule has 32 heavy (non-hydrogen) atoms. The minimum Gasteiger partial charge on any atom is -0.489 e. The number of Topliss-reactive ketones (excluding diaryl/α,β-unsaturated/α-hetero) is 1. The Kier molecular flexibility index (Phi) is 6.66. The summed E-state index contributed by atoms with van der Waals surface area (Å²) >= 11 is 5.62. The molecular formula is C27H26N2O2S. The second-order valence-corrected chi connectivity index (χ2v) is 8.05. The van der Waals surface area contributed by atoms with Crippen LogP contribution in [0.1, 0.15) is 41.4 Å². The standard InChI is InChI=1S/C27H26N2O2S/c1-3-29-19(2)24(26(30)21-13-8-5-9-14-21)25(28-27(29)32)22-15-10-16-23(17-22)31-18-20-11-6-4-7-12-20/h4-17,25H,3,18H2,1-2H3,(H,28,32). The van der Waals surface area contributed by atoms with Gasteiger partial charge in [-0.1, -0.05) is 72.8 Å². The van der Waals surface area contributed by atoms with E-state index in [9.17, 15) is 4.79 Å². The topological polar surface area (TPSA) is 41.6 Å². The predicted octanol–water partition coefficient (Wildman–Crippen LogP) is 5.67. The largest absolute Gasteiger partial charge is 0.489 e. The van der Waals surface area contributed by atoms with Gasteiger partial charge in [0.05, 0.1) is 6.04 Å². The number of ether oxygens (including phenoxy) is 1. The lowest BCUT2D eigenvalue weighted by atomic mass is 9.89. The van der Waals surface area contributed by atoms with Crippen LogP contribution in [-0.2, 0) is 6.61 Å². The molecule has 0 radical (unpaired) electrons. The minimum absolute atomic E-state index is 0.00263. The summed E-state index contributed by atoms with van der Waals surface area (Å²) in [5, 5.41) is 4.01. The molecule has 1 unspecified atom stereocenters. The number of benzene rings is 3. The van der Waals surface area contributed by atoms with Gasteiger partial charge in [0, 0.05) is 23.4 Å². The number of ketones is 1. The third-order valence-electron chi connectivity index (χ3n) is 5.63. The maximum Gasteiger partial charge on any atom is 0.193 e. The number of carbonyl (C=O) groups is 1. The molecule has 0 saturated carbocycles. The van der Waals surface area contributed by atoms with Crippen molar-refractivity contribution in [3.05, 3.63) is 113 Å². The van der Waals surface area contributed by atoms with Crippen LogP contribution in [-0.4, -0.2) is 22.3 Å². The van der Waals surface area contributed by atoms with Crippen LogP contribution < -0.4 is 10.1 Å². The average Bonchev–Trinajstić information content (AvgIpc) is 2.84. The molecule has 0 bridgehead atoms. The number of hydrogen-bond acceptors (Lipinski definition) is 3. The molecule has 0 saturated heterocycles. The maximum atomic E-state index is 13.6. The zero-order chi connectivity index (χ0) is 22.5. The van der Waals surface area contributed by atoms with Crippen LogP contribution in [0.2, 0.25) is 0 Å². The van der Waals surface area contributed by atoms with E-state index in [1.165, 1.54) is 0 Å². The molecule has 1 aliphatic heterocycles. The van der Waals surface area contributed by atoms with E-state index in [1.54, 1.807) is 0 Å². The van der Waals surface area contributed by atoms with Gasteiger partial charge in [-0.15, -0.1) is 0 Å². The molecule has 162 valence electrons. The monoisotopic (exact) mass is 442 g/mol. The molecule has 4 rings (SSSR count). The number of nitrogens with one attached hydrogen (secondary N) is 1. The Balaban J connectivity index is 1.68. The van der Waals surface area contributed by atoms with E-state index in [0.717, 1.165) is 22.6 Å². The molecule has 0 amide bonds. The normalized spacial score (nSPS) is 16.0. The highest BCUT2D eigenvalue weighted by Crippen LogP contribution is 2.34. The van der Waals surface area contributed by atoms with Crippen molar-refractivity contribution in [2.24, 2.45) is 0 Å². The molecule has 1 heterocycles. The zero-order valence-corrected chi connectivity index (χ0v) is 19.1. The number of thiocarbonyl (C=S) groups is 1. The Hall–Kier alpha value is -3.44. The number of allylic oxidation sites excluding steroid dienone is 1. The Bertz CT molecular complexity index is 1140. The summed E-state index contributed by atoms with van der Waals surface area (Å²) < 4.78 is 6.03. The van der Waals surface area contributed by atoms with Gasteiger partial charge in [0.15, 0.2) is 10.9 Å². The summed E-state index contributed by atoms with van der Waals surface area (Å²) in [5.74, 6) is 0.748. The van der Waals surface area contributed by atoms with E-state index in [1.807, 2.05) is 104 Å². The van der Waals surface area contributed by atoms with E-state index in [0.29, 0.717) is 29.4 Å². The van der Waals surface area contributed by atoms with Gasteiger partial charge in [-0.05, 0) is 49.3 Å². The maximum absolute atomic E-state index is 13.6. The van der Waals surface area contributed by atoms with Crippen LogP contribution >= 0.6 is 12.2 Å². The summed E-state index contributed by atoms with van der Waals surface area (Å²) in [6, 6.07) is 26.9. The second-order valence-electron chi connectivity index (χ2n) is 7.67. The smallest absolute Gasteiger partial charge is 0.193 e. The Morgan fingerprint density at radius 2 is 1.69 bits per heavy atom. The van der Waals surface area contributed by atoms with Crippen molar-refractivity contribution in [2.75, 3.05) is 6.54 Å². The molecule has 0 fully saturated rings. The fraction of sp³-hybridized carbons (Fsp3) is 0.185. The highest BCUT2D eigenvalue weighted by molar-refractivity contribution is 7.80. The Morgan fingerprint density at radius 1 is 1.00 bits per heavy atom. The molecule has 3 aromatic rings. The molecule has 1 atom stereocenters. The van der Waals surface area contributed by atoms with Gasteiger partial charge in [-0.3, -0.25) is 4.79 Å². The molecule has 0 aromatic heterocycles. The molecule has 0 aliphatic carbocycles. The first-order chi connectivity index (χ1) is 15.6. The summed E-state index contributed by atoms with van der Waals surface area (Å²) in [7, 11) is 0. The number of nitrogens with zero attached hydrogens (tertiary/aromatic N) is 1. The van der Waals surface area contributed by atoms with E-state index < -0.39 is 0 Å². The van der Waals surface area contributed by atoms with Gasteiger partial charge >= 0.3 is 0 Å². The summed E-state index contributed by atoms with van der Waals surface area (Å²) in [6.45, 7) is 5.17. The van der Waals surface area contributed by atoms with Crippen molar-refractivity contribution in [1.82, 2.24) is 10.2 Å². The minimum atomic E-state index is -0.349. The molecule has 5 heteroatoms. The Morgan fingerprint density at radius 3 is 2.38 bits per heavy atom. The summed E-state index contributed by atoms with van der Waals surface area (Å²) in [5.41, 5.74) is 4.28. The first-order valence-electron chi connectivity index (χ1n) is 10.7. The molecule has 1 aliphatic rings. The first-order valence-corrected chi connectivity index (χ1v) is 11.1. The van der Waals surface area contributed by atoms with E-state index in [-0.39, 0.29) is 11.8 Å². The fourth-order valence-electron chi connectivity index (χ4n) is 3.98. The SMILES string of the molecule is CCN1C(=S)NC(c2cccc(OCc3ccccc3)c2)C(C(=O)c2ccccc2)=C1C. The number of rotatable bonds is 7. The van der Waals surface area contributed by atoms with Gasteiger partial charge in [0.2, 0.25) is 0 Å². The van der Waals surface area contributed by atoms with Crippen molar-refractivity contribution in [3.63, 3.8) is 0 Å². The first kappa shape index (κ1) is 21.8. The highest BCUT2D eigenvalue weighted by atomic mass is 32.1. The van der Waals surface area contributed by atoms with E-state index >= 15 is 0 Å². The van der Waals surface area contributed by atoms with Crippen LogP contribution in [0.5, 0.6) is 5.75 Å². The Labute approximate surface area is 194 Å². The van der Waals surface area contributed by atoms with Crippen LogP contribution in [0.25, 0.3) is 0 Å². The second kappa shape index (κ2) is 9.79. The molecule has 1 N–H and O–H groups in total. The van der Waals surface area contributed by atoms with Crippen molar-refractivity contribution in [2.45, 2.75) is 26.5 Å². The molecular weight excluding hydrogens is 416 g/mol. The molecule has 0 spiro atoms. The lowest BCUT2D eigenvalue weighted by molar-refractivity contribution is 0.102. The van der Waals surface area contributed by atoms with Crippen LogP contribution in [0, 0.1) is 0 Å². The van der Waals surface area contributed by atoms with Crippen LogP contribution in [0.4, 0.5) is 0 Å². The average molecular weight is 443 g/mol. The lowest BCUT2D eigenvalue weighted by Crippen LogP contribution is -2.47. The third-order valence-corrected chi connectivity index (χ3v) is 5.97. The van der Waals surface area contributed by atoms with Crippen LogP contribution in [0.3, 0.4) is 0 Å². The summed E-state index contributed by atoms with van der Waals surface area (Å²) in [4.78, 5) is 15.5. The molecule has 3 aromatic carbocycles. The predicted molar refractivity (Wildman–Crippen MR) is 132 cm³/mol. The third kappa shape index (κ3) is 4.58. The van der Waals surface area contributed by atoms with E-state index in [4.69, 9.17) is 17.0 Å². The number of hydrogen-bond donors (Lipinski definition) is 1. The molecule has 4 nitrogen and oxygen atoms in total. The van der Waals surface area contributed by atoms with Crippen LogP contribution in [0.15, 0.2) is 96.2 Å². The number of carbonyl (C=O) groups excluding carboxylic acids is 1. The van der Waals surface area contributed by atoms with Crippen molar-refractivity contribution in [1.29, 1.82) is 0 Å². The van der Waals surface area contributed by atoms with Crippen molar-refractivity contribution in [3.8, 4) is 5.75 Å². The zero-order valence-electron chi connectivity index (χ0n) is 18.2. The summed E-state index contributed by atoms with van der Waals surface area (Å²) in [6.07, 6.45) is 0. The van der Waals surface area contributed by atoms with Gasteiger partial charge in [-0.2, -0.15) is 0 Å². The van der Waals surface area contributed by atoms with Gasteiger partial charge in [-0.25, -0.2) is 0 Å². The van der Waals surface area contributed by atoms with Crippen molar-refractivity contribution >= 4 is 23.1 Å². The lowest BCUT2D eigenvalue weighted by Gasteiger charge is -2.37. The fourth-order valence-corrected chi connectivity index (χ4v) is 4.36. The van der Waals surface area contributed by atoms with Crippen molar-refractivity contribution < 1.29 is 9.53 Å². The van der Waals surface area contributed by atoms with Gasteiger partial charge in [0.25, 0.3) is 0 Å². The highest BCUT2D eigenvalue weighted by Gasteiger charge is 2.33.